The summed E-state index contributed by atoms with van der Waals surface area (Å²) in [6, 6.07) is 5.11. The molecule has 2 aromatic rings. The molecule has 0 unspecified atom stereocenters. The van der Waals surface area contributed by atoms with E-state index in [4.69, 9.17) is 30.5 Å². The van der Waals surface area contributed by atoms with E-state index in [2.05, 4.69) is 27.8 Å². The van der Waals surface area contributed by atoms with Gasteiger partial charge in [0.1, 0.15) is 23.7 Å². The van der Waals surface area contributed by atoms with Gasteiger partial charge in [0.2, 0.25) is 0 Å². The summed E-state index contributed by atoms with van der Waals surface area (Å²) in [5.74, 6) is -0.511. The molecule has 0 aromatic heterocycles. The highest BCUT2D eigenvalue weighted by Gasteiger charge is 2.38. The predicted octanol–water partition coefficient (Wildman–Crippen LogP) is 4.75. The number of methoxy groups -OCH3 is 2. The van der Waals surface area contributed by atoms with Crippen molar-refractivity contribution in [2.75, 3.05) is 32.3 Å². The van der Waals surface area contributed by atoms with E-state index in [0.717, 1.165) is 4.90 Å². The summed E-state index contributed by atoms with van der Waals surface area (Å²) in [7, 11) is 2.75. The number of urea groups is 1. The number of hydrogen-bond acceptors (Lipinski definition) is 7. The molecule has 3 rings (SSSR count). The largest absolute Gasteiger partial charge is 0.495 e. The van der Waals surface area contributed by atoms with Gasteiger partial charge >= 0.3 is 6.03 Å². The summed E-state index contributed by atoms with van der Waals surface area (Å²) in [5, 5.41) is 2.40. The third kappa shape index (κ3) is 5.44. The first-order valence-electron chi connectivity index (χ1n) is 10.3. The second kappa shape index (κ2) is 11.3. The molecule has 2 aromatic carbocycles. The number of barbiturate groups is 1. The monoisotopic (exact) mass is 564 g/mol. The molecule has 9 nitrogen and oxygen atoms in total. The summed E-state index contributed by atoms with van der Waals surface area (Å²) in [6.07, 6.45) is 2.94. The van der Waals surface area contributed by atoms with E-state index in [0.29, 0.717) is 28.1 Å². The van der Waals surface area contributed by atoms with E-state index in [-0.39, 0.29) is 34.4 Å². The Bertz CT molecular complexity index is 1230. The SMILES string of the molecule is C=CCOc1c(Br)cc(/C=C2\C(=O)NC(=O)N(c3cc(OC)c(Cl)cc3OC)C2=O)cc1OCC. The number of rotatable bonds is 9. The molecule has 1 aliphatic rings. The van der Waals surface area contributed by atoms with E-state index in [1.54, 1.807) is 18.2 Å². The van der Waals surface area contributed by atoms with Gasteiger partial charge in [0.05, 0.1) is 36.0 Å². The van der Waals surface area contributed by atoms with E-state index >= 15 is 0 Å². The van der Waals surface area contributed by atoms with Crippen LogP contribution in [0.2, 0.25) is 5.02 Å². The lowest BCUT2D eigenvalue weighted by molar-refractivity contribution is -0.122. The van der Waals surface area contributed by atoms with Crippen molar-refractivity contribution in [1.29, 1.82) is 0 Å². The lowest BCUT2D eigenvalue weighted by atomic mass is 10.1. The maximum absolute atomic E-state index is 13.4. The Hall–Kier alpha value is -3.50. The number of carbonyl (C=O) groups is 3. The number of amides is 4. The van der Waals surface area contributed by atoms with Gasteiger partial charge in [-0.3, -0.25) is 14.9 Å². The number of benzene rings is 2. The van der Waals surface area contributed by atoms with Gasteiger partial charge in [0, 0.05) is 12.1 Å². The van der Waals surface area contributed by atoms with Crippen LogP contribution >= 0.6 is 27.5 Å². The molecule has 0 spiro atoms. The Kier molecular flexibility index (Phi) is 8.42. The molecule has 1 aliphatic heterocycles. The van der Waals surface area contributed by atoms with Crippen LogP contribution in [-0.4, -0.2) is 45.3 Å². The number of carbonyl (C=O) groups excluding carboxylic acids is 3. The highest BCUT2D eigenvalue weighted by atomic mass is 79.9. The molecular formula is C24H22BrClN2O7. The zero-order valence-electron chi connectivity index (χ0n) is 19.1. The third-order valence-electron chi connectivity index (χ3n) is 4.78. The molecule has 11 heteroatoms. The molecule has 4 amide bonds. The van der Waals surface area contributed by atoms with Crippen LogP contribution in [0, 0.1) is 0 Å². The van der Waals surface area contributed by atoms with Crippen LogP contribution in [0.1, 0.15) is 12.5 Å². The smallest absolute Gasteiger partial charge is 0.336 e. The molecule has 1 saturated heterocycles. The number of anilines is 1. The minimum absolute atomic E-state index is 0.0546. The summed E-state index contributed by atoms with van der Waals surface area (Å²) < 4.78 is 22.4. The normalized spacial score (nSPS) is 14.6. The molecule has 0 radical (unpaired) electrons. The van der Waals surface area contributed by atoms with Gasteiger partial charge in [-0.2, -0.15) is 0 Å². The highest BCUT2D eigenvalue weighted by Crippen LogP contribution is 2.40. The molecule has 35 heavy (non-hydrogen) atoms. The summed E-state index contributed by atoms with van der Waals surface area (Å²) >= 11 is 9.58. The van der Waals surface area contributed by atoms with Gasteiger partial charge in [-0.15, -0.1) is 0 Å². The highest BCUT2D eigenvalue weighted by molar-refractivity contribution is 9.10. The van der Waals surface area contributed by atoms with Crippen LogP contribution in [0.15, 0.2) is 47.0 Å². The van der Waals surface area contributed by atoms with Crippen LogP contribution in [0.4, 0.5) is 10.5 Å². The third-order valence-corrected chi connectivity index (χ3v) is 5.67. The number of nitrogens with one attached hydrogen (secondary N) is 1. The van der Waals surface area contributed by atoms with Gasteiger partial charge in [-0.25, -0.2) is 9.69 Å². The molecule has 1 fully saturated rings. The standard InChI is InChI=1S/C24H22BrClN2O7/c1-5-7-35-21-15(25)9-13(10-20(21)34-6-2)8-14-22(29)27-24(31)28(23(14)30)17-12-18(32-3)16(26)11-19(17)33-4/h5,8-12H,1,6-7H2,2-4H3,(H,27,29,31)/b14-8+. The fourth-order valence-electron chi connectivity index (χ4n) is 3.28. The molecule has 1 N–H and O–H groups in total. The molecule has 1 heterocycles. The van der Waals surface area contributed by atoms with Crippen molar-refractivity contribution in [1.82, 2.24) is 5.32 Å². The topological polar surface area (TPSA) is 103 Å². The lowest BCUT2D eigenvalue weighted by Gasteiger charge is -2.28. The van der Waals surface area contributed by atoms with Crippen molar-refractivity contribution in [3.05, 3.63) is 57.6 Å². The first kappa shape index (κ1) is 26.1. The Morgan fingerprint density at radius 3 is 2.40 bits per heavy atom. The van der Waals surface area contributed by atoms with E-state index in [1.807, 2.05) is 6.92 Å². The Morgan fingerprint density at radius 2 is 1.77 bits per heavy atom. The maximum Gasteiger partial charge on any atom is 0.336 e. The van der Waals surface area contributed by atoms with Gasteiger partial charge in [-0.05, 0) is 46.6 Å². The fourth-order valence-corrected chi connectivity index (χ4v) is 4.08. The number of nitrogens with zero attached hydrogens (tertiary/aromatic N) is 1. The zero-order chi connectivity index (χ0) is 25.7. The van der Waals surface area contributed by atoms with Crippen LogP contribution in [0.25, 0.3) is 6.08 Å². The van der Waals surface area contributed by atoms with Gasteiger partial charge in [0.15, 0.2) is 11.5 Å². The minimum Gasteiger partial charge on any atom is -0.495 e. The first-order valence-corrected chi connectivity index (χ1v) is 11.5. The molecule has 0 aliphatic carbocycles. The second-order valence-electron chi connectivity index (χ2n) is 6.98. The molecular weight excluding hydrogens is 544 g/mol. The number of halogens is 2. The van der Waals surface area contributed by atoms with Crippen molar-refractivity contribution in [3.8, 4) is 23.0 Å². The fraction of sp³-hybridized carbons (Fsp3) is 0.208. The minimum atomic E-state index is -0.941. The lowest BCUT2D eigenvalue weighted by Crippen LogP contribution is -2.54. The Balaban J connectivity index is 2.09. The zero-order valence-corrected chi connectivity index (χ0v) is 21.5. The van der Waals surface area contributed by atoms with Crippen molar-refractivity contribution in [2.24, 2.45) is 0 Å². The van der Waals surface area contributed by atoms with Crippen LogP contribution < -0.4 is 29.2 Å². The van der Waals surface area contributed by atoms with E-state index in [9.17, 15) is 14.4 Å². The maximum atomic E-state index is 13.4. The summed E-state index contributed by atoms with van der Waals surface area (Å²) in [6.45, 7) is 6.05. The Morgan fingerprint density at radius 1 is 1.06 bits per heavy atom. The van der Waals surface area contributed by atoms with Crippen molar-refractivity contribution in [2.45, 2.75) is 6.92 Å². The van der Waals surface area contributed by atoms with Gasteiger partial charge < -0.3 is 18.9 Å². The van der Waals surface area contributed by atoms with Crippen LogP contribution in [0.3, 0.4) is 0 Å². The number of imide groups is 2. The molecule has 0 saturated carbocycles. The average Bonchev–Trinajstić information content (AvgIpc) is 2.82. The van der Waals surface area contributed by atoms with Gasteiger partial charge in [0.25, 0.3) is 11.8 Å². The van der Waals surface area contributed by atoms with E-state index < -0.39 is 17.8 Å². The second-order valence-corrected chi connectivity index (χ2v) is 8.24. The quantitative estimate of drug-likeness (QED) is 0.266. The molecule has 184 valence electrons. The Labute approximate surface area is 215 Å². The van der Waals surface area contributed by atoms with Crippen molar-refractivity contribution >= 4 is 57.1 Å². The molecule has 0 atom stereocenters. The predicted molar refractivity (Wildman–Crippen MR) is 135 cm³/mol. The van der Waals surface area contributed by atoms with Crippen molar-refractivity contribution < 1.29 is 33.3 Å². The summed E-state index contributed by atoms with van der Waals surface area (Å²) in [5.41, 5.74) is 0.230. The van der Waals surface area contributed by atoms with E-state index in [1.165, 1.54) is 32.4 Å². The van der Waals surface area contributed by atoms with Crippen LogP contribution in [-0.2, 0) is 9.59 Å². The van der Waals surface area contributed by atoms with Crippen molar-refractivity contribution in [3.63, 3.8) is 0 Å². The van der Waals surface area contributed by atoms with Gasteiger partial charge in [-0.1, -0.05) is 24.3 Å². The summed E-state index contributed by atoms with van der Waals surface area (Å²) in [4.78, 5) is 39.5. The number of ether oxygens (including phenoxy) is 4. The first-order chi connectivity index (χ1) is 16.7. The number of hydrogen-bond donors (Lipinski definition) is 1. The average molecular weight is 566 g/mol. The molecule has 0 bridgehead atoms. The van der Waals surface area contributed by atoms with Crippen LogP contribution in [0.5, 0.6) is 23.0 Å².